The van der Waals surface area contributed by atoms with Crippen LogP contribution in [0, 0.1) is 12.8 Å². The number of methoxy groups -OCH3 is 1. The Morgan fingerprint density at radius 3 is 2.53 bits per heavy atom. The number of para-hydroxylation sites is 1. The number of benzene rings is 1. The number of hydrogen-bond donors (Lipinski definition) is 1. The largest absolute Gasteiger partial charge is 0.493 e. The first-order chi connectivity index (χ1) is 15.6. The fourth-order valence-corrected chi connectivity index (χ4v) is 2.34. The molecule has 1 aromatic carbocycles. The van der Waals surface area contributed by atoms with Crippen LogP contribution in [0.3, 0.4) is 0 Å². The van der Waals surface area contributed by atoms with Crippen LogP contribution >= 0.6 is 0 Å². The molecule has 2 rings (SSSR count). The normalized spacial score (nSPS) is 12.2. The highest BCUT2D eigenvalue weighted by Gasteiger charge is 2.07. The fourth-order valence-electron chi connectivity index (χ4n) is 2.34. The SMILES string of the molecule is C#C.C=CC(=CCN=C)/C=C/N=C(CCC(N)=O)OC.CC.c1ccc2c(c1)CCCO2. The summed E-state index contributed by atoms with van der Waals surface area (Å²) in [4.78, 5) is 18.4. The van der Waals surface area contributed by atoms with Gasteiger partial charge in [-0.1, -0.05) is 50.8 Å². The van der Waals surface area contributed by atoms with Crippen LogP contribution in [-0.4, -0.2) is 38.8 Å². The van der Waals surface area contributed by atoms with Gasteiger partial charge in [-0.25, -0.2) is 4.99 Å². The molecule has 174 valence electrons. The lowest BCUT2D eigenvalue weighted by molar-refractivity contribution is -0.117. The second-order valence-corrected chi connectivity index (χ2v) is 5.88. The van der Waals surface area contributed by atoms with Crippen LogP contribution in [0.2, 0.25) is 0 Å². The van der Waals surface area contributed by atoms with Crippen LogP contribution in [0.15, 0.2) is 70.8 Å². The zero-order valence-electron chi connectivity index (χ0n) is 19.6. The van der Waals surface area contributed by atoms with Crippen LogP contribution in [0.4, 0.5) is 0 Å². The molecule has 0 fully saturated rings. The molecule has 32 heavy (non-hydrogen) atoms. The van der Waals surface area contributed by atoms with Gasteiger partial charge in [-0.15, -0.1) is 12.8 Å². The molecule has 1 aromatic rings. The highest BCUT2D eigenvalue weighted by molar-refractivity contribution is 5.83. The van der Waals surface area contributed by atoms with Crippen LogP contribution in [-0.2, 0) is 16.0 Å². The molecule has 0 atom stereocenters. The third-order valence-electron chi connectivity index (χ3n) is 3.82. The van der Waals surface area contributed by atoms with Crippen molar-refractivity contribution in [1.29, 1.82) is 0 Å². The molecule has 6 nitrogen and oxygen atoms in total. The highest BCUT2D eigenvalue weighted by Crippen LogP contribution is 2.23. The van der Waals surface area contributed by atoms with Gasteiger partial charge in [-0.2, -0.15) is 0 Å². The second kappa shape index (κ2) is 22.1. The molecule has 0 saturated carbocycles. The number of terminal acetylenes is 1. The van der Waals surface area contributed by atoms with E-state index in [1.54, 1.807) is 18.4 Å². The maximum Gasteiger partial charge on any atom is 0.217 e. The molecule has 0 aromatic heterocycles. The lowest BCUT2D eigenvalue weighted by Crippen LogP contribution is -2.13. The average molecular weight is 440 g/mol. The van der Waals surface area contributed by atoms with Crippen molar-refractivity contribution in [3.05, 3.63) is 66.4 Å². The van der Waals surface area contributed by atoms with Crippen molar-refractivity contribution in [1.82, 2.24) is 0 Å². The smallest absolute Gasteiger partial charge is 0.217 e. The molecule has 1 aliphatic heterocycles. The minimum atomic E-state index is -0.382. The van der Waals surface area contributed by atoms with Crippen molar-refractivity contribution >= 4 is 18.5 Å². The predicted molar refractivity (Wildman–Crippen MR) is 136 cm³/mol. The fraction of sp³-hybridized carbons (Fsp3) is 0.346. The summed E-state index contributed by atoms with van der Waals surface area (Å²) in [5, 5.41) is 0. The van der Waals surface area contributed by atoms with Crippen molar-refractivity contribution in [2.45, 2.75) is 39.5 Å². The summed E-state index contributed by atoms with van der Waals surface area (Å²) >= 11 is 0. The Hall–Kier alpha value is -3.59. The van der Waals surface area contributed by atoms with E-state index in [4.69, 9.17) is 15.2 Å². The van der Waals surface area contributed by atoms with Gasteiger partial charge in [0.1, 0.15) is 5.75 Å². The van der Waals surface area contributed by atoms with Gasteiger partial charge < -0.3 is 15.2 Å². The summed E-state index contributed by atoms with van der Waals surface area (Å²) in [6, 6.07) is 8.25. The molecule has 0 saturated heterocycles. The van der Waals surface area contributed by atoms with E-state index >= 15 is 0 Å². The highest BCUT2D eigenvalue weighted by atomic mass is 16.5. The van der Waals surface area contributed by atoms with Crippen LogP contribution in [0.5, 0.6) is 5.75 Å². The zero-order valence-corrected chi connectivity index (χ0v) is 19.6. The molecule has 1 amide bonds. The molecule has 1 heterocycles. The van der Waals surface area contributed by atoms with Gasteiger partial charge >= 0.3 is 0 Å². The minimum Gasteiger partial charge on any atom is -0.493 e. The van der Waals surface area contributed by atoms with E-state index in [0.29, 0.717) is 18.9 Å². The topological polar surface area (TPSA) is 86.3 Å². The molecule has 0 aliphatic carbocycles. The Bertz CT molecular complexity index is 753. The average Bonchev–Trinajstić information content (AvgIpc) is 2.86. The summed E-state index contributed by atoms with van der Waals surface area (Å²) in [7, 11) is 1.50. The first-order valence-corrected chi connectivity index (χ1v) is 10.4. The summed E-state index contributed by atoms with van der Waals surface area (Å²) in [6.45, 7) is 12.5. The number of allylic oxidation sites excluding steroid dienone is 3. The van der Waals surface area contributed by atoms with Gasteiger partial charge in [0, 0.05) is 19.0 Å². The number of primary amides is 1. The molecule has 2 N–H and O–H groups in total. The molecular formula is C26H37N3O3. The monoisotopic (exact) mass is 439 g/mol. The first-order valence-electron chi connectivity index (χ1n) is 10.4. The van der Waals surface area contributed by atoms with Crippen LogP contribution in [0.1, 0.15) is 38.7 Å². The Morgan fingerprint density at radius 2 is 1.97 bits per heavy atom. The van der Waals surface area contributed by atoms with E-state index in [2.05, 4.69) is 48.3 Å². The summed E-state index contributed by atoms with van der Waals surface area (Å²) in [6.07, 6.45) is 17.8. The van der Waals surface area contributed by atoms with E-state index < -0.39 is 0 Å². The number of nitrogens with two attached hydrogens (primary N) is 1. The number of ether oxygens (including phenoxy) is 2. The van der Waals surface area contributed by atoms with Gasteiger partial charge in [0.15, 0.2) is 5.90 Å². The van der Waals surface area contributed by atoms with Crippen molar-refractivity contribution < 1.29 is 14.3 Å². The molecule has 0 spiro atoms. The Labute approximate surface area is 193 Å². The Kier molecular flexibility index (Phi) is 21.1. The standard InChI is InChI=1S/C13H19N3O2.C9H10O.C2H6.C2H2/c1-4-11(7-9-15-2)8-10-16-13(18-3)6-5-12(14)17;1-2-6-9-8(4-1)5-3-7-10-9;2*1-2/h4,7-8,10H,1-2,5-6,9H2,3H3,(H2,14,17);1-2,4,6H,3,5,7H2;1-2H3;1-2H/b10-8+,11-7?,16-13?;;;. The third-order valence-corrected chi connectivity index (χ3v) is 3.82. The van der Waals surface area contributed by atoms with Gasteiger partial charge in [-0.05, 0) is 42.8 Å². The van der Waals surface area contributed by atoms with Crippen LogP contribution < -0.4 is 10.5 Å². The van der Waals surface area contributed by atoms with Crippen LogP contribution in [0.25, 0.3) is 0 Å². The number of carbonyl (C=O) groups excluding carboxylic acids is 1. The number of hydrogen-bond acceptors (Lipinski definition) is 5. The van der Waals surface area contributed by atoms with Gasteiger partial charge in [0.05, 0.1) is 20.3 Å². The number of fused-ring (bicyclic) bond motifs is 1. The van der Waals surface area contributed by atoms with Crippen molar-refractivity contribution in [2.24, 2.45) is 15.7 Å². The van der Waals surface area contributed by atoms with Crippen molar-refractivity contribution in [3.63, 3.8) is 0 Å². The first kappa shape index (κ1) is 30.6. The second-order valence-electron chi connectivity index (χ2n) is 5.88. The van der Waals surface area contributed by atoms with Crippen molar-refractivity contribution in [2.75, 3.05) is 20.3 Å². The van der Waals surface area contributed by atoms with E-state index in [-0.39, 0.29) is 12.3 Å². The maximum absolute atomic E-state index is 10.6. The number of nitrogens with zero attached hydrogens (tertiary/aromatic N) is 2. The predicted octanol–water partition coefficient (Wildman–Crippen LogP) is 4.91. The van der Waals surface area contributed by atoms with Gasteiger partial charge in [-0.3, -0.25) is 9.79 Å². The number of amides is 1. The summed E-state index contributed by atoms with van der Waals surface area (Å²) in [5.41, 5.74) is 7.28. The number of aliphatic imine (C=N–C) groups is 2. The molecule has 0 radical (unpaired) electrons. The number of aryl methyl sites for hydroxylation is 1. The summed E-state index contributed by atoms with van der Waals surface area (Å²) < 4.78 is 10.4. The molecule has 0 bridgehead atoms. The van der Waals surface area contributed by atoms with Gasteiger partial charge in [0.25, 0.3) is 0 Å². The van der Waals surface area contributed by atoms with E-state index in [9.17, 15) is 4.79 Å². The summed E-state index contributed by atoms with van der Waals surface area (Å²) in [5.74, 6) is 1.15. The molecule has 6 heteroatoms. The number of rotatable bonds is 8. The quantitative estimate of drug-likeness (QED) is 0.270. The molecule has 1 aliphatic rings. The van der Waals surface area contributed by atoms with E-state index in [1.807, 2.05) is 32.1 Å². The van der Waals surface area contributed by atoms with E-state index in [1.165, 1.54) is 19.1 Å². The Balaban J connectivity index is 0. The minimum absolute atomic E-state index is 0.213. The zero-order chi connectivity index (χ0) is 24.6. The lowest BCUT2D eigenvalue weighted by Gasteiger charge is -2.15. The maximum atomic E-state index is 10.6. The molecule has 0 unspecified atom stereocenters. The third kappa shape index (κ3) is 15.3. The van der Waals surface area contributed by atoms with E-state index in [0.717, 1.165) is 24.4 Å². The Morgan fingerprint density at radius 1 is 1.28 bits per heavy atom. The molecular weight excluding hydrogens is 402 g/mol. The van der Waals surface area contributed by atoms with Gasteiger partial charge in [0.2, 0.25) is 5.91 Å². The lowest BCUT2D eigenvalue weighted by atomic mass is 10.1. The van der Waals surface area contributed by atoms with Crippen molar-refractivity contribution in [3.8, 4) is 18.6 Å². The number of carbonyl (C=O) groups is 1.